The van der Waals surface area contributed by atoms with Gasteiger partial charge < -0.3 is 26.6 Å². The lowest BCUT2D eigenvalue weighted by Gasteiger charge is -2.28. The van der Waals surface area contributed by atoms with E-state index >= 15 is 0 Å². The Morgan fingerprint density at radius 1 is 0.811 bits per heavy atom. The summed E-state index contributed by atoms with van der Waals surface area (Å²) in [6.07, 6.45) is -1.11. The average molecular weight is 502 g/mol. The summed E-state index contributed by atoms with van der Waals surface area (Å²) in [5.74, 6) is -6.78. The number of benzene rings is 3. The van der Waals surface area contributed by atoms with E-state index in [1.165, 1.54) is 0 Å². The fourth-order valence-electron chi connectivity index (χ4n) is 4.94. The Morgan fingerprint density at radius 3 is 1.86 bits per heavy atom. The number of hydrogen-bond donors (Lipinski definition) is 4. The van der Waals surface area contributed by atoms with E-state index in [1.807, 2.05) is 48.5 Å². The molecule has 1 aliphatic rings. The van der Waals surface area contributed by atoms with Crippen molar-refractivity contribution in [3.05, 3.63) is 95.6 Å². The van der Waals surface area contributed by atoms with Crippen LogP contribution in [0, 0.1) is 11.8 Å². The second-order valence-electron chi connectivity index (χ2n) is 8.91. The number of carboxylic acids is 1. The Bertz CT molecular complexity index is 1280. The van der Waals surface area contributed by atoms with Gasteiger partial charge in [-0.25, -0.2) is 4.79 Å². The number of carboxylic acid groups (broad SMARTS) is 1. The third-order valence-corrected chi connectivity index (χ3v) is 6.66. The molecule has 3 aromatic rings. The van der Waals surface area contributed by atoms with Gasteiger partial charge in [0.1, 0.15) is 12.6 Å². The van der Waals surface area contributed by atoms with Gasteiger partial charge in [0.05, 0.1) is 11.8 Å². The number of rotatable bonds is 10. The fraction of sp³-hybridized carbons (Fsp3) is 0.214. The molecule has 3 atom stereocenters. The van der Waals surface area contributed by atoms with Gasteiger partial charge in [0.15, 0.2) is 0 Å². The van der Waals surface area contributed by atoms with E-state index in [9.17, 15) is 24.3 Å². The summed E-state index contributed by atoms with van der Waals surface area (Å²) in [6, 6.07) is 22.4. The van der Waals surface area contributed by atoms with Crippen molar-refractivity contribution in [1.29, 1.82) is 0 Å². The molecule has 4 rings (SSSR count). The molecule has 6 N–H and O–H groups in total. The summed E-state index contributed by atoms with van der Waals surface area (Å²) in [5, 5.41) is 12.1. The molecule has 37 heavy (non-hydrogen) atoms. The zero-order valence-corrected chi connectivity index (χ0v) is 19.9. The van der Waals surface area contributed by atoms with Gasteiger partial charge in [-0.1, -0.05) is 78.9 Å². The first-order valence-electron chi connectivity index (χ1n) is 11.7. The first-order valence-corrected chi connectivity index (χ1v) is 11.7. The number of nitrogens with one attached hydrogen (secondary N) is 1. The normalized spacial score (nSPS) is 14.5. The van der Waals surface area contributed by atoms with Crippen molar-refractivity contribution in [1.82, 2.24) is 5.32 Å². The van der Waals surface area contributed by atoms with E-state index in [0.29, 0.717) is 5.56 Å². The summed E-state index contributed by atoms with van der Waals surface area (Å²) in [5.41, 5.74) is 15.7. The molecule has 0 aliphatic heterocycles. The molecule has 0 fully saturated rings. The lowest BCUT2D eigenvalue weighted by Crippen LogP contribution is -2.56. The first-order chi connectivity index (χ1) is 17.8. The van der Waals surface area contributed by atoms with Crippen LogP contribution in [0.3, 0.4) is 0 Å². The molecule has 9 nitrogen and oxygen atoms in total. The number of alkyl carbamates (subject to hydrolysis) is 1. The van der Waals surface area contributed by atoms with Gasteiger partial charge in [-0.2, -0.15) is 0 Å². The van der Waals surface area contributed by atoms with Crippen LogP contribution in [0.4, 0.5) is 4.79 Å². The second-order valence-corrected chi connectivity index (χ2v) is 8.91. The highest BCUT2D eigenvalue weighted by molar-refractivity contribution is 5.93. The topological polar surface area (TPSA) is 162 Å². The molecule has 0 saturated heterocycles. The Morgan fingerprint density at radius 2 is 1.35 bits per heavy atom. The number of amides is 3. The molecule has 0 radical (unpaired) electrons. The number of ether oxygens (including phenoxy) is 1. The largest absolute Gasteiger partial charge is 0.481 e. The van der Waals surface area contributed by atoms with E-state index in [0.717, 1.165) is 22.3 Å². The van der Waals surface area contributed by atoms with E-state index in [4.69, 9.17) is 16.2 Å². The zero-order chi connectivity index (χ0) is 26.5. The maximum absolute atomic E-state index is 12.8. The second kappa shape index (κ2) is 10.9. The number of carbonyl (C=O) groups is 4. The predicted octanol–water partition coefficient (Wildman–Crippen LogP) is 2.42. The van der Waals surface area contributed by atoms with Crippen LogP contribution in [0.25, 0.3) is 11.1 Å². The van der Waals surface area contributed by atoms with Crippen molar-refractivity contribution >= 4 is 23.9 Å². The van der Waals surface area contributed by atoms with Gasteiger partial charge in [0.25, 0.3) is 0 Å². The summed E-state index contributed by atoms with van der Waals surface area (Å²) in [4.78, 5) is 49.5. The Hall–Kier alpha value is -4.66. The van der Waals surface area contributed by atoms with Gasteiger partial charge in [0.2, 0.25) is 11.8 Å². The van der Waals surface area contributed by atoms with Crippen molar-refractivity contribution in [2.45, 2.75) is 18.4 Å². The highest BCUT2D eigenvalue weighted by atomic mass is 16.5. The van der Waals surface area contributed by atoms with Crippen LogP contribution in [-0.2, 0) is 25.5 Å². The lowest BCUT2D eigenvalue weighted by atomic mass is 9.81. The van der Waals surface area contributed by atoms with E-state index in [1.54, 1.807) is 30.3 Å². The smallest absolute Gasteiger partial charge is 0.407 e. The number of carbonyl (C=O) groups excluding carboxylic acids is 3. The summed E-state index contributed by atoms with van der Waals surface area (Å²) in [6.45, 7) is -0.0427. The zero-order valence-electron chi connectivity index (χ0n) is 19.9. The molecule has 2 unspecified atom stereocenters. The number of fused-ring (bicyclic) bond motifs is 3. The molecule has 0 heterocycles. The number of nitrogens with two attached hydrogens (primary N) is 2. The molecule has 0 bridgehead atoms. The molecule has 9 heteroatoms. The van der Waals surface area contributed by atoms with Gasteiger partial charge in [-0.05, 0) is 34.2 Å². The molecule has 3 amide bonds. The van der Waals surface area contributed by atoms with Crippen molar-refractivity contribution in [3.63, 3.8) is 0 Å². The highest BCUT2D eigenvalue weighted by Gasteiger charge is 2.42. The van der Waals surface area contributed by atoms with Gasteiger partial charge in [-0.3, -0.25) is 14.4 Å². The highest BCUT2D eigenvalue weighted by Crippen LogP contribution is 2.44. The van der Waals surface area contributed by atoms with E-state index in [2.05, 4.69) is 5.32 Å². The van der Waals surface area contributed by atoms with Crippen molar-refractivity contribution in [3.8, 4) is 11.1 Å². The Balaban J connectivity index is 1.51. The van der Waals surface area contributed by atoms with Gasteiger partial charge >= 0.3 is 12.1 Å². The van der Waals surface area contributed by atoms with Crippen LogP contribution in [0.1, 0.15) is 22.6 Å². The van der Waals surface area contributed by atoms with Crippen LogP contribution in [0.5, 0.6) is 0 Å². The lowest BCUT2D eigenvalue weighted by molar-refractivity contribution is -0.148. The van der Waals surface area contributed by atoms with Crippen LogP contribution < -0.4 is 16.8 Å². The van der Waals surface area contributed by atoms with E-state index < -0.39 is 41.8 Å². The maximum atomic E-state index is 12.8. The SMILES string of the molecule is NC(=O)C(NC(=O)OCC1c2ccccc2-c2ccccc21)C(C(N)=O)[C@H](Cc1ccccc1)C(=O)O. The molecule has 0 aromatic heterocycles. The van der Waals surface area contributed by atoms with Crippen LogP contribution in [-0.4, -0.2) is 41.6 Å². The van der Waals surface area contributed by atoms with Gasteiger partial charge in [-0.15, -0.1) is 0 Å². The van der Waals surface area contributed by atoms with Crippen molar-refractivity contribution in [2.24, 2.45) is 23.3 Å². The molecular formula is C28H27N3O6. The molecule has 1 aliphatic carbocycles. The standard InChI is InChI=1S/C28H27N3O6/c29-25(32)23(21(27(34)35)14-16-8-2-1-3-9-16)24(26(30)33)31-28(36)37-15-22-19-12-6-4-10-17(19)18-11-5-7-13-20(18)22/h1-13,21-24H,14-15H2,(H2,29,32)(H2,30,33)(H,31,36)(H,34,35)/t21-,23?,24?/m0/s1. The minimum Gasteiger partial charge on any atom is -0.481 e. The summed E-state index contributed by atoms with van der Waals surface area (Å²) in [7, 11) is 0. The molecule has 0 saturated carbocycles. The van der Waals surface area contributed by atoms with Crippen LogP contribution in [0.2, 0.25) is 0 Å². The number of primary amides is 2. The van der Waals surface area contributed by atoms with Crippen molar-refractivity contribution < 1.29 is 29.0 Å². The molecule has 190 valence electrons. The quantitative estimate of drug-likeness (QED) is 0.333. The van der Waals surface area contributed by atoms with Crippen molar-refractivity contribution in [2.75, 3.05) is 6.61 Å². The third-order valence-electron chi connectivity index (χ3n) is 6.66. The minimum absolute atomic E-state index is 0.0427. The Labute approximate surface area is 213 Å². The Kier molecular flexibility index (Phi) is 7.52. The summed E-state index contributed by atoms with van der Waals surface area (Å²) < 4.78 is 5.45. The van der Waals surface area contributed by atoms with Gasteiger partial charge in [0, 0.05) is 5.92 Å². The first kappa shape index (κ1) is 25.4. The number of hydrogen-bond acceptors (Lipinski definition) is 5. The van der Waals surface area contributed by atoms with Crippen LogP contribution >= 0.6 is 0 Å². The summed E-state index contributed by atoms with van der Waals surface area (Å²) >= 11 is 0. The third kappa shape index (κ3) is 5.45. The van der Waals surface area contributed by atoms with E-state index in [-0.39, 0.29) is 18.9 Å². The van der Waals surface area contributed by atoms with Crippen LogP contribution in [0.15, 0.2) is 78.9 Å². The maximum Gasteiger partial charge on any atom is 0.407 e. The predicted molar refractivity (Wildman–Crippen MR) is 135 cm³/mol. The monoisotopic (exact) mass is 501 g/mol. The number of aliphatic carboxylic acids is 1. The molecule has 0 spiro atoms. The molecule has 3 aromatic carbocycles. The average Bonchev–Trinajstić information content (AvgIpc) is 3.20. The fourth-order valence-corrected chi connectivity index (χ4v) is 4.94. The minimum atomic E-state index is -1.68. The molecular weight excluding hydrogens is 474 g/mol.